The summed E-state index contributed by atoms with van der Waals surface area (Å²) in [7, 11) is 0. The highest BCUT2D eigenvalue weighted by molar-refractivity contribution is 7.11. The summed E-state index contributed by atoms with van der Waals surface area (Å²) < 4.78 is 0. The van der Waals surface area contributed by atoms with E-state index < -0.39 is 0 Å². The average Bonchev–Trinajstić information content (AvgIpc) is 2.94. The van der Waals surface area contributed by atoms with Crippen LogP contribution in [0.4, 0.5) is 5.69 Å². The first-order chi connectivity index (χ1) is 11.5. The van der Waals surface area contributed by atoms with Gasteiger partial charge < -0.3 is 5.32 Å². The second-order valence-corrected chi connectivity index (χ2v) is 6.58. The maximum absolute atomic E-state index is 12.0. The number of thiophene rings is 1. The number of amides is 2. The molecule has 0 fully saturated rings. The van der Waals surface area contributed by atoms with Crippen LogP contribution in [0.5, 0.6) is 0 Å². The van der Waals surface area contributed by atoms with E-state index in [9.17, 15) is 9.59 Å². The van der Waals surface area contributed by atoms with Crippen LogP contribution in [0.3, 0.4) is 0 Å². The summed E-state index contributed by atoms with van der Waals surface area (Å²) in [5, 5.41) is 8.72. The third kappa shape index (κ3) is 5.31. The highest BCUT2D eigenvalue weighted by atomic mass is 32.1. The molecule has 2 N–H and O–H groups in total. The van der Waals surface area contributed by atoms with E-state index in [1.165, 1.54) is 0 Å². The Kier molecular flexibility index (Phi) is 6.26. The van der Waals surface area contributed by atoms with Gasteiger partial charge in [-0.1, -0.05) is 12.1 Å². The van der Waals surface area contributed by atoms with Crippen molar-refractivity contribution in [2.24, 2.45) is 5.10 Å². The zero-order valence-corrected chi connectivity index (χ0v) is 14.9. The Bertz CT molecular complexity index is 765. The molecule has 0 radical (unpaired) electrons. The summed E-state index contributed by atoms with van der Waals surface area (Å²) in [6.45, 7) is 5.89. The molecule has 0 spiro atoms. The minimum absolute atomic E-state index is 0.0947. The van der Waals surface area contributed by atoms with Crippen molar-refractivity contribution < 1.29 is 9.59 Å². The van der Waals surface area contributed by atoms with Crippen molar-refractivity contribution in [3.05, 3.63) is 51.2 Å². The second kappa shape index (κ2) is 8.40. The van der Waals surface area contributed by atoms with Crippen LogP contribution < -0.4 is 10.7 Å². The van der Waals surface area contributed by atoms with Crippen molar-refractivity contribution >= 4 is 35.1 Å². The maximum atomic E-state index is 12.0. The molecule has 0 aliphatic heterocycles. The molecule has 1 aromatic heterocycles. The number of carbonyl (C=O) groups excluding carboxylic acids is 2. The lowest BCUT2D eigenvalue weighted by Crippen LogP contribution is -2.20. The van der Waals surface area contributed by atoms with Crippen LogP contribution in [-0.4, -0.2) is 18.0 Å². The molecule has 2 amide bonds. The smallest absolute Gasteiger partial charge is 0.240 e. The largest absolute Gasteiger partial charge is 0.326 e. The third-order valence-corrected chi connectivity index (χ3v) is 4.47. The lowest BCUT2D eigenvalue weighted by Gasteiger charge is -2.09. The number of benzene rings is 1. The van der Waals surface area contributed by atoms with Crippen LogP contribution in [0, 0.1) is 20.8 Å². The van der Waals surface area contributed by atoms with E-state index in [4.69, 9.17) is 0 Å². The molecule has 0 unspecified atom stereocenters. The van der Waals surface area contributed by atoms with Crippen LogP contribution in [0.25, 0.3) is 0 Å². The number of nitrogens with zero attached hydrogens (tertiary/aromatic N) is 1. The second-order valence-electron chi connectivity index (χ2n) is 5.63. The minimum atomic E-state index is -0.281. The van der Waals surface area contributed by atoms with E-state index in [-0.39, 0.29) is 24.7 Å². The highest BCUT2D eigenvalue weighted by Crippen LogP contribution is 2.16. The zero-order valence-electron chi connectivity index (χ0n) is 14.1. The molecule has 6 heteroatoms. The van der Waals surface area contributed by atoms with Gasteiger partial charge in [0.05, 0.1) is 6.21 Å². The number of carbonyl (C=O) groups is 2. The molecule has 2 aromatic rings. The van der Waals surface area contributed by atoms with E-state index >= 15 is 0 Å². The van der Waals surface area contributed by atoms with E-state index in [1.54, 1.807) is 17.6 Å². The van der Waals surface area contributed by atoms with Gasteiger partial charge in [-0.15, -0.1) is 11.3 Å². The number of nitrogens with one attached hydrogen (secondary N) is 2. The quantitative estimate of drug-likeness (QED) is 0.622. The molecule has 0 atom stereocenters. The molecule has 0 aliphatic carbocycles. The normalized spacial score (nSPS) is 10.8. The zero-order chi connectivity index (χ0) is 17.5. The molecule has 1 heterocycles. The number of anilines is 1. The summed E-state index contributed by atoms with van der Waals surface area (Å²) in [6, 6.07) is 7.86. The lowest BCUT2D eigenvalue weighted by molar-refractivity contribution is -0.124. The van der Waals surface area contributed by atoms with Gasteiger partial charge in [0.2, 0.25) is 11.8 Å². The van der Waals surface area contributed by atoms with Crippen molar-refractivity contribution in [1.29, 1.82) is 0 Å². The van der Waals surface area contributed by atoms with Gasteiger partial charge in [0.1, 0.15) is 0 Å². The molecule has 0 bridgehead atoms. The maximum Gasteiger partial charge on any atom is 0.240 e. The van der Waals surface area contributed by atoms with Gasteiger partial charge in [-0.05, 0) is 55.0 Å². The van der Waals surface area contributed by atoms with Gasteiger partial charge in [-0.3, -0.25) is 9.59 Å². The van der Waals surface area contributed by atoms with Crippen molar-refractivity contribution in [2.45, 2.75) is 33.6 Å². The van der Waals surface area contributed by atoms with Gasteiger partial charge >= 0.3 is 0 Å². The predicted octanol–water partition coefficient (Wildman–Crippen LogP) is 3.54. The molecule has 0 saturated carbocycles. The number of hydrazone groups is 1. The van der Waals surface area contributed by atoms with Crippen molar-refractivity contribution in [1.82, 2.24) is 5.43 Å². The molecule has 5 nitrogen and oxygen atoms in total. The highest BCUT2D eigenvalue weighted by Gasteiger charge is 2.08. The van der Waals surface area contributed by atoms with Gasteiger partial charge in [0.25, 0.3) is 0 Å². The molecule has 126 valence electrons. The first-order valence-corrected chi connectivity index (χ1v) is 8.57. The van der Waals surface area contributed by atoms with E-state index in [0.29, 0.717) is 0 Å². The Morgan fingerprint density at radius 3 is 2.54 bits per heavy atom. The van der Waals surface area contributed by atoms with E-state index in [1.807, 2.05) is 50.4 Å². The van der Waals surface area contributed by atoms with Gasteiger partial charge in [-0.2, -0.15) is 5.10 Å². The van der Waals surface area contributed by atoms with Crippen LogP contribution >= 0.6 is 11.3 Å². The molecule has 24 heavy (non-hydrogen) atoms. The Hall–Kier alpha value is -2.47. The van der Waals surface area contributed by atoms with Crippen LogP contribution in [-0.2, 0) is 9.59 Å². The fourth-order valence-electron chi connectivity index (χ4n) is 2.05. The first kappa shape index (κ1) is 17.9. The van der Waals surface area contributed by atoms with Crippen molar-refractivity contribution in [3.63, 3.8) is 0 Å². The fourth-order valence-corrected chi connectivity index (χ4v) is 2.83. The Labute approximate surface area is 145 Å². The summed E-state index contributed by atoms with van der Waals surface area (Å²) in [5.41, 5.74) is 6.42. The minimum Gasteiger partial charge on any atom is -0.326 e. The number of hydrogen-bond acceptors (Lipinski definition) is 4. The van der Waals surface area contributed by atoms with Gasteiger partial charge in [-0.25, -0.2) is 5.43 Å². The lowest BCUT2D eigenvalue weighted by atomic mass is 10.1. The number of rotatable bonds is 6. The number of aryl methyl sites for hydroxylation is 3. The molecule has 2 rings (SSSR count). The summed E-state index contributed by atoms with van der Waals surface area (Å²) >= 11 is 1.56. The Morgan fingerprint density at radius 2 is 1.83 bits per heavy atom. The standard InChI is InChI=1S/C18H21N3O2S/c1-12-4-5-13(2)15(10-12)20-17(22)6-7-18(23)21-19-11-16-14(3)8-9-24-16/h4-5,8-11H,6-7H2,1-3H3,(H,20,22)(H,21,23). The molecule has 0 aliphatic rings. The van der Waals surface area contributed by atoms with Crippen LogP contribution in [0.1, 0.15) is 34.4 Å². The third-order valence-electron chi connectivity index (χ3n) is 3.52. The van der Waals surface area contributed by atoms with Gasteiger partial charge in [0, 0.05) is 23.4 Å². The Morgan fingerprint density at radius 1 is 1.08 bits per heavy atom. The monoisotopic (exact) mass is 343 g/mol. The fraction of sp³-hybridized carbons (Fsp3) is 0.278. The molecule has 0 saturated heterocycles. The van der Waals surface area contributed by atoms with Crippen molar-refractivity contribution in [3.8, 4) is 0 Å². The summed E-state index contributed by atoms with van der Waals surface area (Å²) in [5.74, 6) is -0.464. The first-order valence-electron chi connectivity index (χ1n) is 7.69. The van der Waals surface area contributed by atoms with Crippen LogP contribution in [0.2, 0.25) is 0 Å². The average molecular weight is 343 g/mol. The molecular formula is C18H21N3O2S. The summed E-state index contributed by atoms with van der Waals surface area (Å²) in [6.07, 6.45) is 1.83. The van der Waals surface area contributed by atoms with Crippen molar-refractivity contribution in [2.75, 3.05) is 5.32 Å². The number of hydrogen-bond donors (Lipinski definition) is 2. The SMILES string of the molecule is Cc1ccc(C)c(NC(=O)CCC(=O)NN=Cc2sccc2C)c1. The summed E-state index contributed by atoms with van der Waals surface area (Å²) in [4.78, 5) is 24.7. The topological polar surface area (TPSA) is 70.6 Å². The molecular weight excluding hydrogens is 322 g/mol. The Balaban J connectivity index is 1.77. The van der Waals surface area contributed by atoms with E-state index in [0.717, 1.165) is 27.3 Å². The van der Waals surface area contributed by atoms with Gasteiger partial charge in [0.15, 0.2) is 0 Å². The molecule has 1 aromatic carbocycles. The van der Waals surface area contributed by atoms with E-state index in [2.05, 4.69) is 15.8 Å². The predicted molar refractivity (Wildman–Crippen MR) is 98.6 cm³/mol. The van der Waals surface area contributed by atoms with Crippen LogP contribution in [0.15, 0.2) is 34.7 Å².